The van der Waals surface area contributed by atoms with E-state index in [1.807, 2.05) is 48.5 Å². The van der Waals surface area contributed by atoms with Crippen molar-refractivity contribution < 1.29 is 19.1 Å². The number of carbonyl (C=O) groups is 3. The first kappa shape index (κ1) is 20.7. The molecule has 2 aromatic rings. The monoisotopic (exact) mass is 413 g/mol. The molecule has 29 heavy (non-hydrogen) atoms. The molecule has 0 bridgehead atoms. The molecule has 2 N–H and O–H groups in total. The van der Waals surface area contributed by atoms with Crippen LogP contribution in [0.4, 0.5) is 16.2 Å². The molecule has 1 aliphatic heterocycles. The number of fused-ring (bicyclic) bond motifs is 2. The zero-order valence-corrected chi connectivity index (χ0v) is 17.1. The lowest BCUT2D eigenvalue weighted by atomic mass is 10.2. The summed E-state index contributed by atoms with van der Waals surface area (Å²) in [5.41, 5.74) is 2.07. The van der Waals surface area contributed by atoms with Gasteiger partial charge in [0.1, 0.15) is 0 Å². The molecule has 0 saturated heterocycles. The fourth-order valence-electron chi connectivity index (χ4n) is 2.90. The van der Waals surface area contributed by atoms with Crippen LogP contribution in [0.1, 0.15) is 20.3 Å². The van der Waals surface area contributed by atoms with Crippen LogP contribution >= 0.6 is 11.8 Å². The first-order chi connectivity index (χ1) is 13.9. The van der Waals surface area contributed by atoms with Crippen LogP contribution in [0.25, 0.3) is 0 Å². The Bertz CT molecular complexity index is 871. The van der Waals surface area contributed by atoms with Gasteiger partial charge in [0.2, 0.25) is 0 Å². The van der Waals surface area contributed by atoms with Gasteiger partial charge in [-0.2, -0.15) is 0 Å². The van der Waals surface area contributed by atoms with Gasteiger partial charge in [0.25, 0.3) is 5.91 Å². The standard InChI is InChI=1S/C21H23N3O4S/c1-14(2)22-21(27)23-19(25)13-28-20(26)11-12-24-15-7-3-5-9-17(15)29-18-10-6-4-8-16(18)24/h3-10,14H,11-13H2,1-2H3,(H2,22,23,25,27). The number of imide groups is 1. The molecule has 0 aliphatic carbocycles. The second-order valence-electron chi connectivity index (χ2n) is 6.78. The summed E-state index contributed by atoms with van der Waals surface area (Å²) in [5, 5.41) is 4.65. The van der Waals surface area contributed by atoms with Gasteiger partial charge in [0, 0.05) is 22.4 Å². The predicted octanol–water partition coefficient (Wildman–Crippen LogP) is 3.46. The molecule has 2 aromatic carbocycles. The number of hydrogen-bond acceptors (Lipinski definition) is 6. The van der Waals surface area contributed by atoms with Gasteiger partial charge in [0.15, 0.2) is 6.61 Å². The summed E-state index contributed by atoms with van der Waals surface area (Å²) in [4.78, 5) is 39.7. The second kappa shape index (κ2) is 9.47. The molecule has 8 heteroatoms. The number of amides is 3. The molecule has 0 atom stereocenters. The third kappa shape index (κ3) is 5.51. The lowest BCUT2D eigenvalue weighted by Crippen LogP contribution is -2.44. The number of carbonyl (C=O) groups excluding carboxylic acids is 3. The van der Waals surface area contributed by atoms with Gasteiger partial charge >= 0.3 is 12.0 Å². The van der Waals surface area contributed by atoms with E-state index in [2.05, 4.69) is 15.5 Å². The van der Waals surface area contributed by atoms with Gasteiger partial charge in [-0.05, 0) is 38.1 Å². The number of esters is 1. The number of anilines is 2. The average molecular weight is 413 g/mol. The zero-order chi connectivity index (χ0) is 20.8. The fourth-order valence-corrected chi connectivity index (χ4v) is 4.00. The molecule has 3 amide bonds. The van der Waals surface area contributed by atoms with Crippen LogP contribution in [0.2, 0.25) is 0 Å². The molecule has 7 nitrogen and oxygen atoms in total. The van der Waals surface area contributed by atoms with Gasteiger partial charge in [0.05, 0.1) is 17.8 Å². The van der Waals surface area contributed by atoms with Crippen LogP contribution in [0, 0.1) is 0 Å². The highest BCUT2D eigenvalue weighted by atomic mass is 32.2. The Labute approximate surface area is 173 Å². The van der Waals surface area contributed by atoms with Crippen LogP contribution in [0.15, 0.2) is 58.3 Å². The summed E-state index contributed by atoms with van der Waals surface area (Å²) in [5.74, 6) is -1.17. The van der Waals surface area contributed by atoms with E-state index in [9.17, 15) is 14.4 Å². The first-order valence-electron chi connectivity index (χ1n) is 9.33. The van der Waals surface area contributed by atoms with E-state index in [0.29, 0.717) is 6.54 Å². The van der Waals surface area contributed by atoms with Crippen LogP contribution in [0.3, 0.4) is 0 Å². The highest BCUT2D eigenvalue weighted by Crippen LogP contribution is 2.47. The van der Waals surface area contributed by atoms with Crippen molar-refractivity contribution in [3.63, 3.8) is 0 Å². The number of rotatable bonds is 6. The zero-order valence-electron chi connectivity index (χ0n) is 16.3. The minimum atomic E-state index is -0.665. The molecule has 0 spiro atoms. The lowest BCUT2D eigenvalue weighted by Gasteiger charge is -2.32. The summed E-state index contributed by atoms with van der Waals surface area (Å²) >= 11 is 1.70. The fraction of sp³-hybridized carbons (Fsp3) is 0.286. The van der Waals surface area contributed by atoms with Crippen molar-refractivity contribution >= 4 is 41.0 Å². The van der Waals surface area contributed by atoms with Crippen LogP contribution in [-0.4, -0.2) is 37.1 Å². The van der Waals surface area contributed by atoms with Crippen molar-refractivity contribution in [1.29, 1.82) is 0 Å². The Hall–Kier alpha value is -3.00. The highest BCUT2D eigenvalue weighted by Gasteiger charge is 2.23. The molecule has 0 aromatic heterocycles. The van der Waals surface area contributed by atoms with E-state index in [1.54, 1.807) is 25.6 Å². The third-order valence-corrected chi connectivity index (χ3v) is 5.24. The quantitative estimate of drug-likeness (QED) is 0.706. The summed E-state index contributed by atoms with van der Waals surface area (Å²) in [6.07, 6.45) is 0.110. The van der Waals surface area contributed by atoms with E-state index >= 15 is 0 Å². The number of nitrogens with zero attached hydrogens (tertiary/aromatic N) is 1. The largest absolute Gasteiger partial charge is 0.456 e. The summed E-state index contributed by atoms with van der Waals surface area (Å²) < 4.78 is 5.01. The number of urea groups is 1. The third-order valence-electron chi connectivity index (χ3n) is 4.11. The first-order valence-corrected chi connectivity index (χ1v) is 10.1. The van der Waals surface area contributed by atoms with Crippen molar-refractivity contribution in [2.45, 2.75) is 36.1 Å². The summed E-state index contributed by atoms with van der Waals surface area (Å²) in [7, 11) is 0. The minimum Gasteiger partial charge on any atom is -0.456 e. The smallest absolute Gasteiger partial charge is 0.321 e. The van der Waals surface area contributed by atoms with Gasteiger partial charge in [-0.15, -0.1) is 0 Å². The van der Waals surface area contributed by atoms with Crippen LogP contribution in [-0.2, 0) is 14.3 Å². The number of nitrogens with one attached hydrogen (secondary N) is 2. The van der Waals surface area contributed by atoms with E-state index < -0.39 is 24.5 Å². The maximum Gasteiger partial charge on any atom is 0.321 e. The van der Waals surface area contributed by atoms with E-state index in [-0.39, 0.29) is 12.5 Å². The molecular weight excluding hydrogens is 390 g/mol. The van der Waals surface area contributed by atoms with E-state index in [1.165, 1.54) is 0 Å². The molecule has 3 rings (SSSR count). The lowest BCUT2D eigenvalue weighted by molar-refractivity contribution is -0.148. The summed E-state index contributed by atoms with van der Waals surface area (Å²) in [6.45, 7) is 3.48. The molecule has 1 heterocycles. The maximum atomic E-state index is 12.1. The Kier molecular flexibility index (Phi) is 6.77. The average Bonchev–Trinajstić information content (AvgIpc) is 2.68. The number of benzene rings is 2. The van der Waals surface area contributed by atoms with Crippen LogP contribution in [0.5, 0.6) is 0 Å². The van der Waals surface area contributed by atoms with Gasteiger partial charge in [-0.25, -0.2) is 4.79 Å². The Morgan fingerprint density at radius 2 is 1.59 bits per heavy atom. The second-order valence-corrected chi connectivity index (χ2v) is 7.86. The van der Waals surface area contributed by atoms with Gasteiger partial charge in [-0.1, -0.05) is 36.0 Å². The molecular formula is C21H23N3O4S. The number of para-hydroxylation sites is 2. The van der Waals surface area contributed by atoms with Crippen LogP contribution < -0.4 is 15.5 Å². The normalized spacial score (nSPS) is 12.0. The maximum absolute atomic E-state index is 12.1. The topological polar surface area (TPSA) is 87.7 Å². The van der Waals surface area contributed by atoms with Crippen molar-refractivity contribution in [2.24, 2.45) is 0 Å². The van der Waals surface area contributed by atoms with Crippen molar-refractivity contribution in [1.82, 2.24) is 10.6 Å². The van der Waals surface area contributed by atoms with E-state index in [0.717, 1.165) is 21.2 Å². The molecule has 0 saturated carbocycles. The molecule has 0 radical (unpaired) electrons. The number of ether oxygens (including phenoxy) is 1. The Morgan fingerprint density at radius 1 is 1.00 bits per heavy atom. The number of hydrogen-bond donors (Lipinski definition) is 2. The molecule has 0 unspecified atom stereocenters. The Morgan fingerprint density at radius 3 is 2.17 bits per heavy atom. The van der Waals surface area contributed by atoms with E-state index in [4.69, 9.17) is 4.74 Å². The summed E-state index contributed by atoms with van der Waals surface area (Å²) in [6, 6.07) is 15.3. The van der Waals surface area contributed by atoms with Crippen molar-refractivity contribution in [2.75, 3.05) is 18.1 Å². The van der Waals surface area contributed by atoms with Crippen molar-refractivity contribution in [3.8, 4) is 0 Å². The Balaban J connectivity index is 1.56. The van der Waals surface area contributed by atoms with Crippen molar-refractivity contribution in [3.05, 3.63) is 48.5 Å². The molecule has 1 aliphatic rings. The predicted molar refractivity (Wildman–Crippen MR) is 111 cm³/mol. The molecule has 152 valence electrons. The van der Waals surface area contributed by atoms with Gasteiger partial charge in [-0.3, -0.25) is 14.9 Å². The van der Waals surface area contributed by atoms with Gasteiger partial charge < -0.3 is 15.0 Å². The highest BCUT2D eigenvalue weighted by molar-refractivity contribution is 7.99. The molecule has 0 fully saturated rings. The minimum absolute atomic E-state index is 0.0983. The SMILES string of the molecule is CC(C)NC(=O)NC(=O)COC(=O)CCN1c2ccccc2Sc2ccccc21.